The molecule has 1 amide bonds. The highest BCUT2D eigenvalue weighted by atomic mass is 16.2. The van der Waals surface area contributed by atoms with Gasteiger partial charge in [0.2, 0.25) is 5.91 Å². The van der Waals surface area contributed by atoms with E-state index in [1.54, 1.807) is 0 Å². The lowest BCUT2D eigenvalue weighted by molar-refractivity contribution is -0.127. The number of carbonyl (C=O) groups is 1. The fraction of sp³-hybridized carbons (Fsp3) is 0.800. The van der Waals surface area contributed by atoms with Gasteiger partial charge in [0, 0.05) is 24.7 Å². The molecule has 0 bridgehead atoms. The molecular weight excluding hydrogens is 312 g/mol. The lowest BCUT2D eigenvalue weighted by Crippen LogP contribution is -2.43. The number of likely N-dealkylation sites (tertiary alicyclic amines) is 1. The average Bonchev–Trinajstić information content (AvgIpc) is 3.00. The van der Waals surface area contributed by atoms with Crippen LogP contribution in [-0.4, -0.2) is 40.2 Å². The van der Waals surface area contributed by atoms with E-state index in [1.165, 1.54) is 5.56 Å². The topological polar surface area (TPSA) is 50.2 Å². The molecule has 1 aromatic heterocycles. The molecule has 0 unspecified atom stereocenters. The van der Waals surface area contributed by atoms with Crippen LogP contribution in [0.5, 0.6) is 0 Å². The van der Waals surface area contributed by atoms with E-state index in [9.17, 15) is 4.79 Å². The molecule has 1 atom stereocenters. The number of hydrogen-bond acceptors (Lipinski definition) is 3. The van der Waals surface area contributed by atoms with Crippen LogP contribution in [0.1, 0.15) is 76.7 Å². The lowest BCUT2D eigenvalue weighted by atomic mass is 9.91. The summed E-state index contributed by atoms with van der Waals surface area (Å²) in [6.07, 6.45) is 7.37. The maximum atomic E-state index is 12.8. The third-order valence-electron chi connectivity index (χ3n) is 5.54. The van der Waals surface area contributed by atoms with Gasteiger partial charge in [0.1, 0.15) is 0 Å². The van der Waals surface area contributed by atoms with E-state index < -0.39 is 0 Å². The third-order valence-corrected chi connectivity index (χ3v) is 5.54. The number of hydrogen-bond donors (Lipinski definition) is 1. The van der Waals surface area contributed by atoms with E-state index in [0.717, 1.165) is 57.4 Å². The fourth-order valence-corrected chi connectivity index (χ4v) is 4.15. The van der Waals surface area contributed by atoms with E-state index in [-0.39, 0.29) is 17.9 Å². The van der Waals surface area contributed by atoms with Gasteiger partial charge in [-0.05, 0) is 70.5 Å². The molecule has 2 aliphatic rings. The predicted octanol–water partition coefficient (Wildman–Crippen LogP) is 3.33. The zero-order valence-electron chi connectivity index (χ0n) is 16.3. The third kappa shape index (κ3) is 4.43. The van der Waals surface area contributed by atoms with Gasteiger partial charge < -0.3 is 10.2 Å². The van der Waals surface area contributed by atoms with Crippen molar-refractivity contribution < 1.29 is 4.79 Å². The van der Waals surface area contributed by atoms with Gasteiger partial charge in [-0.1, -0.05) is 13.8 Å². The number of piperidine rings is 1. The highest BCUT2D eigenvalue weighted by Crippen LogP contribution is 2.30. The van der Waals surface area contributed by atoms with Gasteiger partial charge in [0.15, 0.2) is 0 Å². The average molecular weight is 347 g/mol. The van der Waals surface area contributed by atoms with Crippen LogP contribution in [0.4, 0.5) is 0 Å². The van der Waals surface area contributed by atoms with E-state index in [0.29, 0.717) is 12.0 Å². The Morgan fingerprint density at radius 1 is 1.24 bits per heavy atom. The number of aryl methyl sites for hydroxylation is 1. The Morgan fingerprint density at radius 2 is 1.96 bits per heavy atom. The van der Waals surface area contributed by atoms with Gasteiger partial charge in [-0.15, -0.1) is 0 Å². The number of nitrogens with zero attached hydrogens (tertiary/aromatic N) is 3. The number of fused-ring (bicyclic) bond motifs is 1. The van der Waals surface area contributed by atoms with Crippen molar-refractivity contribution >= 4 is 5.91 Å². The van der Waals surface area contributed by atoms with Crippen LogP contribution in [0, 0.1) is 11.8 Å². The normalized spacial score (nSPS) is 22.4. The highest BCUT2D eigenvalue weighted by Gasteiger charge is 2.30. The molecule has 3 rings (SSSR count). The van der Waals surface area contributed by atoms with Gasteiger partial charge in [0.05, 0.1) is 11.7 Å². The molecule has 1 aliphatic carbocycles. The Balaban J connectivity index is 1.58. The molecule has 1 N–H and O–H groups in total. The largest absolute Gasteiger partial charge is 0.347 e. The van der Waals surface area contributed by atoms with Crippen LogP contribution in [0.25, 0.3) is 0 Å². The molecule has 0 aromatic carbocycles. The van der Waals surface area contributed by atoms with Crippen LogP contribution in [0.3, 0.4) is 0 Å². The molecule has 5 nitrogen and oxygen atoms in total. The molecule has 1 aromatic rings. The van der Waals surface area contributed by atoms with Crippen LogP contribution in [-0.2, 0) is 11.2 Å². The van der Waals surface area contributed by atoms with Gasteiger partial charge in [-0.2, -0.15) is 5.10 Å². The smallest absolute Gasteiger partial charge is 0.223 e. The van der Waals surface area contributed by atoms with Crippen molar-refractivity contribution in [1.29, 1.82) is 0 Å². The lowest BCUT2D eigenvalue weighted by Gasteiger charge is -2.33. The Bertz CT molecular complexity index is 585. The summed E-state index contributed by atoms with van der Waals surface area (Å²) >= 11 is 0. The summed E-state index contributed by atoms with van der Waals surface area (Å²) in [5.41, 5.74) is 2.42. The summed E-state index contributed by atoms with van der Waals surface area (Å²) in [4.78, 5) is 15.3. The quantitative estimate of drug-likeness (QED) is 0.890. The minimum absolute atomic E-state index is 0.102. The van der Waals surface area contributed by atoms with Gasteiger partial charge >= 0.3 is 0 Å². The van der Waals surface area contributed by atoms with Crippen molar-refractivity contribution in [2.75, 3.05) is 19.6 Å². The van der Waals surface area contributed by atoms with Crippen molar-refractivity contribution in [2.45, 2.75) is 71.9 Å². The van der Waals surface area contributed by atoms with Crippen molar-refractivity contribution in [2.24, 2.45) is 11.8 Å². The SMILES string of the molecule is CC(C)CN1CCC(C(=O)N[C@H]2CCCc3cn(C(C)C)nc32)CC1. The molecule has 2 heterocycles. The maximum Gasteiger partial charge on any atom is 0.223 e. The first-order chi connectivity index (χ1) is 11.9. The second-order valence-corrected chi connectivity index (χ2v) is 8.54. The Morgan fingerprint density at radius 3 is 2.60 bits per heavy atom. The summed E-state index contributed by atoms with van der Waals surface area (Å²) in [6, 6.07) is 0.470. The van der Waals surface area contributed by atoms with Gasteiger partial charge in [-0.3, -0.25) is 9.48 Å². The van der Waals surface area contributed by atoms with E-state index >= 15 is 0 Å². The van der Waals surface area contributed by atoms with Crippen LogP contribution >= 0.6 is 0 Å². The molecule has 0 saturated carbocycles. The van der Waals surface area contributed by atoms with Crippen LogP contribution in [0.15, 0.2) is 6.20 Å². The Hall–Kier alpha value is -1.36. The van der Waals surface area contributed by atoms with E-state index in [2.05, 4.69) is 44.1 Å². The number of rotatable bonds is 5. The first kappa shape index (κ1) is 18.4. The van der Waals surface area contributed by atoms with E-state index in [4.69, 9.17) is 5.10 Å². The first-order valence-electron chi connectivity index (χ1n) is 10.0. The molecule has 1 fully saturated rings. The Kier molecular flexibility index (Phi) is 5.82. The molecule has 25 heavy (non-hydrogen) atoms. The van der Waals surface area contributed by atoms with Gasteiger partial charge in [-0.25, -0.2) is 0 Å². The molecule has 0 spiro atoms. The molecular formula is C20H34N4O. The van der Waals surface area contributed by atoms with Crippen molar-refractivity contribution in [3.8, 4) is 0 Å². The standard InChI is InChI=1S/C20H34N4O/c1-14(2)12-23-10-8-16(9-11-23)20(25)21-18-7-5-6-17-13-24(15(3)4)22-19(17)18/h13-16,18H,5-12H2,1-4H3,(H,21,25)/t18-/m0/s1. The summed E-state index contributed by atoms with van der Waals surface area (Å²) in [6.45, 7) is 12.1. The summed E-state index contributed by atoms with van der Waals surface area (Å²) < 4.78 is 2.04. The molecule has 0 radical (unpaired) electrons. The van der Waals surface area contributed by atoms with Crippen molar-refractivity contribution in [3.63, 3.8) is 0 Å². The summed E-state index contributed by atoms with van der Waals surface area (Å²) in [5.74, 6) is 1.10. The molecule has 5 heteroatoms. The van der Waals surface area contributed by atoms with Crippen LogP contribution < -0.4 is 5.32 Å². The highest BCUT2D eigenvalue weighted by molar-refractivity contribution is 5.79. The van der Waals surface area contributed by atoms with E-state index in [1.807, 2.05) is 4.68 Å². The zero-order valence-corrected chi connectivity index (χ0v) is 16.3. The fourth-order valence-electron chi connectivity index (χ4n) is 4.15. The summed E-state index contributed by atoms with van der Waals surface area (Å²) in [7, 11) is 0. The zero-order chi connectivity index (χ0) is 18.0. The minimum Gasteiger partial charge on any atom is -0.347 e. The minimum atomic E-state index is 0.102. The van der Waals surface area contributed by atoms with Crippen LogP contribution in [0.2, 0.25) is 0 Å². The maximum absolute atomic E-state index is 12.8. The Labute approximate surface area is 152 Å². The van der Waals surface area contributed by atoms with Gasteiger partial charge in [0.25, 0.3) is 0 Å². The van der Waals surface area contributed by atoms with Crippen molar-refractivity contribution in [3.05, 3.63) is 17.5 Å². The summed E-state index contributed by atoms with van der Waals surface area (Å²) in [5, 5.41) is 8.09. The first-order valence-corrected chi connectivity index (χ1v) is 10.0. The van der Waals surface area contributed by atoms with Crippen molar-refractivity contribution in [1.82, 2.24) is 20.0 Å². The predicted molar refractivity (Wildman–Crippen MR) is 100 cm³/mol. The molecule has 1 aliphatic heterocycles. The second-order valence-electron chi connectivity index (χ2n) is 8.54. The second kappa shape index (κ2) is 7.90. The number of aromatic nitrogens is 2. The number of amides is 1. The number of nitrogens with one attached hydrogen (secondary N) is 1. The number of carbonyl (C=O) groups excluding carboxylic acids is 1. The molecule has 140 valence electrons. The molecule has 1 saturated heterocycles. The monoisotopic (exact) mass is 346 g/mol.